The van der Waals surface area contributed by atoms with Crippen LogP contribution in [0.3, 0.4) is 0 Å². The number of carbonyl (C=O) groups excluding carboxylic acids is 2. The Hall–Kier alpha value is -3.36. The highest BCUT2D eigenvalue weighted by molar-refractivity contribution is 8.00. The van der Waals surface area contributed by atoms with E-state index < -0.39 is 0 Å². The topological polar surface area (TPSA) is 80.3 Å². The molecule has 0 aliphatic heterocycles. The minimum absolute atomic E-state index is 0.143. The number of nitrogens with one attached hydrogen (secondary N) is 2. The second-order valence-electron chi connectivity index (χ2n) is 6.99. The van der Waals surface area contributed by atoms with Crippen molar-refractivity contribution < 1.29 is 14.3 Å². The van der Waals surface area contributed by atoms with Gasteiger partial charge in [0, 0.05) is 16.1 Å². The summed E-state index contributed by atoms with van der Waals surface area (Å²) in [5.41, 5.74) is 3.05. The number of fused-ring (bicyclic) bond motifs is 1. The molecule has 0 aliphatic rings. The van der Waals surface area contributed by atoms with E-state index in [1.807, 2.05) is 67.6 Å². The predicted molar refractivity (Wildman–Crippen MR) is 131 cm³/mol. The first-order valence-electron chi connectivity index (χ1n) is 9.86. The number of carbonyl (C=O) groups is 2. The lowest BCUT2D eigenvalue weighted by Gasteiger charge is -2.09. The zero-order chi connectivity index (χ0) is 22.5. The van der Waals surface area contributed by atoms with Crippen molar-refractivity contribution in [2.24, 2.45) is 0 Å². The van der Waals surface area contributed by atoms with Crippen molar-refractivity contribution in [3.05, 3.63) is 77.9 Å². The molecule has 162 valence electrons. The van der Waals surface area contributed by atoms with Crippen molar-refractivity contribution in [1.82, 2.24) is 4.98 Å². The summed E-state index contributed by atoms with van der Waals surface area (Å²) in [5, 5.41) is 6.32. The summed E-state index contributed by atoms with van der Waals surface area (Å²) >= 11 is 2.80. The van der Waals surface area contributed by atoms with Crippen LogP contribution in [-0.4, -0.2) is 29.7 Å². The predicted octanol–water partition coefficient (Wildman–Crippen LogP) is 5.60. The Morgan fingerprint density at radius 3 is 2.69 bits per heavy atom. The van der Waals surface area contributed by atoms with E-state index in [4.69, 9.17) is 4.74 Å². The van der Waals surface area contributed by atoms with E-state index in [-0.39, 0.29) is 17.6 Å². The Morgan fingerprint density at radius 1 is 1.03 bits per heavy atom. The molecule has 0 aliphatic carbocycles. The molecule has 6 nitrogen and oxygen atoms in total. The summed E-state index contributed by atoms with van der Waals surface area (Å²) in [6.07, 6.45) is 0. The van der Waals surface area contributed by atoms with Crippen LogP contribution in [-0.2, 0) is 4.79 Å². The van der Waals surface area contributed by atoms with E-state index >= 15 is 0 Å². The highest BCUT2D eigenvalue weighted by Gasteiger charge is 2.11. The van der Waals surface area contributed by atoms with Crippen LogP contribution in [0.2, 0.25) is 0 Å². The largest absolute Gasteiger partial charge is 0.497 e. The second kappa shape index (κ2) is 9.84. The van der Waals surface area contributed by atoms with Gasteiger partial charge in [-0.2, -0.15) is 0 Å². The molecular formula is C24H21N3O3S2. The Labute approximate surface area is 194 Å². The van der Waals surface area contributed by atoms with Crippen molar-refractivity contribution in [2.75, 3.05) is 23.5 Å². The molecule has 0 saturated heterocycles. The smallest absolute Gasteiger partial charge is 0.255 e. The Kier molecular flexibility index (Phi) is 6.72. The molecule has 0 saturated carbocycles. The number of hydrogen-bond donors (Lipinski definition) is 2. The maximum absolute atomic E-state index is 12.5. The van der Waals surface area contributed by atoms with Crippen molar-refractivity contribution >= 4 is 55.9 Å². The summed E-state index contributed by atoms with van der Waals surface area (Å²) < 4.78 is 6.18. The van der Waals surface area contributed by atoms with E-state index in [0.29, 0.717) is 16.4 Å². The summed E-state index contributed by atoms with van der Waals surface area (Å²) in [6.45, 7) is 1.90. The van der Waals surface area contributed by atoms with Gasteiger partial charge in [0.1, 0.15) is 5.75 Å². The number of thioether (sulfide) groups is 1. The fraction of sp³-hybridized carbons (Fsp3) is 0.125. The minimum atomic E-state index is -0.157. The van der Waals surface area contributed by atoms with Gasteiger partial charge in [0.2, 0.25) is 5.91 Å². The van der Waals surface area contributed by atoms with Gasteiger partial charge in [-0.15, -0.1) is 11.8 Å². The van der Waals surface area contributed by atoms with Crippen molar-refractivity contribution in [3.63, 3.8) is 0 Å². The zero-order valence-electron chi connectivity index (χ0n) is 17.5. The Bertz CT molecular complexity index is 1290. The molecule has 0 unspecified atom stereocenters. The zero-order valence-corrected chi connectivity index (χ0v) is 19.2. The molecule has 2 N–H and O–H groups in total. The molecule has 2 amide bonds. The van der Waals surface area contributed by atoms with Crippen LogP contribution in [0.4, 0.5) is 10.8 Å². The number of aryl methyl sites for hydroxylation is 1. The SMILES string of the molecule is COc1ccc2nc(NC(=O)CSc3cccc(NC(=O)c4ccccc4C)c3)sc2c1. The molecule has 0 bridgehead atoms. The van der Waals surface area contributed by atoms with E-state index in [2.05, 4.69) is 15.6 Å². The first-order chi connectivity index (χ1) is 15.5. The van der Waals surface area contributed by atoms with Crippen LogP contribution >= 0.6 is 23.1 Å². The third-order valence-corrected chi connectivity index (χ3v) is 6.62. The molecule has 1 aromatic heterocycles. The number of hydrogen-bond acceptors (Lipinski definition) is 6. The molecular weight excluding hydrogens is 442 g/mol. The number of amides is 2. The molecule has 0 atom stereocenters. The number of anilines is 2. The van der Waals surface area contributed by atoms with Crippen LogP contribution in [0.25, 0.3) is 10.2 Å². The van der Waals surface area contributed by atoms with Gasteiger partial charge < -0.3 is 15.4 Å². The maximum atomic E-state index is 12.5. The average molecular weight is 464 g/mol. The van der Waals surface area contributed by atoms with Crippen LogP contribution in [0.5, 0.6) is 5.75 Å². The minimum Gasteiger partial charge on any atom is -0.497 e. The molecule has 0 fully saturated rings. The van der Waals surface area contributed by atoms with E-state index in [0.717, 1.165) is 26.4 Å². The van der Waals surface area contributed by atoms with Crippen LogP contribution in [0.1, 0.15) is 15.9 Å². The number of benzene rings is 3. The second-order valence-corrected chi connectivity index (χ2v) is 9.07. The van der Waals surface area contributed by atoms with Crippen LogP contribution in [0.15, 0.2) is 71.6 Å². The average Bonchev–Trinajstić information content (AvgIpc) is 3.19. The van der Waals surface area contributed by atoms with Gasteiger partial charge in [0.05, 0.1) is 23.1 Å². The summed E-state index contributed by atoms with van der Waals surface area (Å²) in [6, 6.07) is 20.5. The molecule has 4 aromatic rings. The molecule has 0 spiro atoms. The lowest BCUT2D eigenvalue weighted by Crippen LogP contribution is -2.14. The lowest BCUT2D eigenvalue weighted by atomic mass is 10.1. The van der Waals surface area contributed by atoms with Crippen LogP contribution in [0, 0.1) is 6.92 Å². The number of methoxy groups -OCH3 is 1. The molecule has 0 radical (unpaired) electrons. The third-order valence-electron chi connectivity index (χ3n) is 4.69. The fourth-order valence-electron chi connectivity index (χ4n) is 3.08. The molecule has 1 heterocycles. The maximum Gasteiger partial charge on any atom is 0.255 e. The van der Waals surface area contributed by atoms with Gasteiger partial charge >= 0.3 is 0 Å². The molecule has 4 rings (SSSR count). The van der Waals surface area contributed by atoms with E-state index in [1.54, 1.807) is 13.2 Å². The van der Waals surface area contributed by atoms with Gasteiger partial charge in [-0.1, -0.05) is 35.6 Å². The standard InChI is InChI=1S/C24H21N3O3S2/c1-15-6-3-4-9-19(15)23(29)25-16-7-5-8-18(12-16)31-14-22(28)27-24-26-20-11-10-17(30-2)13-21(20)32-24/h3-13H,14H2,1-2H3,(H,25,29)(H,26,27,28). The highest BCUT2D eigenvalue weighted by Crippen LogP contribution is 2.29. The van der Waals surface area contributed by atoms with E-state index in [9.17, 15) is 9.59 Å². The highest BCUT2D eigenvalue weighted by atomic mass is 32.2. The number of thiazole rings is 1. The first-order valence-corrected chi connectivity index (χ1v) is 11.7. The van der Waals surface area contributed by atoms with Crippen LogP contribution < -0.4 is 15.4 Å². The van der Waals surface area contributed by atoms with Crippen molar-refractivity contribution in [1.29, 1.82) is 0 Å². The third kappa shape index (κ3) is 5.27. The Morgan fingerprint density at radius 2 is 1.88 bits per heavy atom. The number of nitrogens with zero attached hydrogens (tertiary/aromatic N) is 1. The normalized spacial score (nSPS) is 10.7. The van der Waals surface area contributed by atoms with Gasteiger partial charge in [-0.25, -0.2) is 4.98 Å². The summed E-state index contributed by atoms with van der Waals surface area (Å²) in [4.78, 5) is 30.3. The lowest BCUT2D eigenvalue weighted by molar-refractivity contribution is -0.113. The van der Waals surface area contributed by atoms with Gasteiger partial charge in [0.25, 0.3) is 5.91 Å². The monoisotopic (exact) mass is 463 g/mol. The van der Waals surface area contributed by atoms with Gasteiger partial charge in [-0.05, 0) is 55.0 Å². The molecule has 8 heteroatoms. The van der Waals surface area contributed by atoms with Gasteiger partial charge in [-0.3, -0.25) is 9.59 Å². The summed E-state index contributed by atoms with van der Waals surface area (Å²) in [5.74, 6) is 0.684. The number of aromatic nitrogens is 1. The molecule has 3 aromatic carbocycles. The first kappa shape index (κ1) is 21.9. The van der Waals surface area contributed by atoms with Crippen molar-refractivity contribution in [3.8, 4) is 5.75 Å². The number of rotatable bonds is 7. The Balaban J connectivity index is 1.35. The fourth-order valence-corrected chi connectivity index (χ4v) is 4.74. The van der Waals surface area contributed by atoms with E-state index in [1.165, 1.54) is 23.1 Å². The van der Waals surface area contributed by atoms with Gasteiger partial charge in [0.15, 0.2) is 5.13 Å². The van der Waals surface area contributed by atoms with Crippen molar-refractivity contribution in [2.45, 2.75) is 11.8 Å². The summed E-state index contributed by atoms with van der Waals surface area (Å²) in [7, 11) is 1.62. The quantitative estimate of drug-likeness (QED) is 0.349. The number of ether oxygens (including phenoxy) is 1. The molecule has 32 heavy (non-hydrogen) atoms.